The van der Waals surface area contributed by atoms with Crippen molar-refractivity contribution >= 4 is 17.4 Å². The molecular weight excluding hydrogens is 202 g/mol. The molecule has 2 heteroatoms. The van der Waals surface area contributed by atoms with Gasteiger partial charge in [-0.15, -0.1) is 11.8 Å². The number of anilines is 1. The second kappa shape index (κ2) is 4.41. The Hall–Kier alpha value is -1.41. The van der Waals surface area contributed by atoms with Gasteiger partial charge in [0, 0.05) is 10.5 Å². The van der Waals surface area contributed by atoms with Gasteiger partial charge in [0.05, 0.1) is 5.69 Å². The first kappa shape index (κ1) is 10.1. The summed E-state index contributed by atoms with van der Waals surface area (Å²) in [5, 5.41) is 0. The van der Waals surface area contributed by atoms with E-state index in [9.17, 15) is 0 Å². The van der Waals surface area contributed by atoms with Gasteiger partial charge in [-0.3, -0.25) is 0 Å². The van der Waals surface area contributed by atoms with Gasteiger partial charge in [-0.2, -0.15) is 0 Å². The highest BCUT2D eigenvalue weighted by Gasteiger charge is 2.05. The van der Waals surface area contributed by atoms with E-state index in [1.807, 2.05) is 36.6 Å². The summed E-state index contributed by atoms with van der Waals surface area (Å²) in [6, 6.07) is 16.4. The Kier molecular flexibility index (Phi) is 2.97. The van der Waals surface area contributed by atoms with Crippen LogP contribution >= 0.6 is 11.8 Å². The molecule has 2 aromatic carbocycles. The molecule has 2 aromatic rings. The summed E-state index contributed by atoms with van der Waals surface area (Å²) < 4.78 is 0. The van der Waals surface area contributed by atoms with Crippen molar-refractivity contribution < 1.29 is 0 Å². The minimum absolute atomic E-state index is 0.871. The summed E-state index contributed by atoms with van der Waals surface area (Å²) in [4.78, 5) is 1.14. The standard InChI is InChI=1S/C13H13NS/c1-15-12-9-5-8-11(13(12)14)10-6-3-2-4-7-10/h2-9H,14H2,1H3. The average Bonchev–Trinajstić information content (AvgIpc) is 2.30. The van der Waals surface area contributed by atoms with Crippen LogP contribution in [0.2, 0.25) is 0 Å². The lowest BCUT2D eigenvalue weighted by Gasteiger charge is -2.09. The van der Waals surface area contributed by atoms with Gasteiger partial charge < -0.3 is 5.73 Å². The van der Waals surface area contributed by atoms with E-state index in [1.54, 1.807) is 11.8 Å². The van der Waals surface area contributed by atoms with Crippen LogP contribution in [0.15, 0.2) is 53.4 Å². The van der Waals surface area contributed by atoms with E-state index in [0.717, 1.165) is 16.1 Å². The Morgan fingerprint density at radius 2 is 1.67 bits per heavy atom. The molecule has 0 aliphatic heterocycles. The molecule has 0 aromatic heterocycles. The summed E-state index contributed by atoms with van der Waals surface area (Å²) in [5.74, 6) is 0. The molecule has 0 heterocycles. The van der Waals surface area contributed by atoms with Gasteiger partial charge in [0.1, 0.15) is 0 Å². The number of hydrogen-bond donors (Lipinski definition) is 1. The third-order valence-corrected chi connectivity index (χ3v) is 3.17. The zero-order valence-electron chi connectivity index (χ0n) is 8.60. The molecule has 2 rings (SSSR count). The second-order valence-electron chi connectivity index (χ2n) is 3.29. The summed E-state index contributed by atoms with van der Waals surface area (Å²) in [6.45, 7) is 0. The largest absolute Gasteiger partial charge is 0.397 e. The van der Waals surface area contributed by atoms with Crippen LogP contribution in [0, 0.1) is 0 Å². The molecule has 15 heavy (non-hydrogen) atoms. The van der Waals surface area contributed by atoms with E-state index in [4.69, 9.17) is 5.73 Å². The lowest BCUT2D eigenvalue weighted by Crippen LogP contribution is -1.92. The molecule has 0 unspecified atom stereocenters. The van der Waals surface area contributed by atoms with Gasteiger partial charge in [-0.1, -0.05) is 42.5 Å². The summed E-state index contributed by atoms with van der Waals surface area (Å²) in [7, 11) is 0. The first-order chi connectivity index (χ1) is 7.33. The monoisotopic (exact) mass is 215 g/mol. The number of nitrogens with two attached hydrogens (primary N) is 1. The Morgan fingerprint density at radius 1 is 0.933 bits per heavy atom. The van der Waals surface area contributed by atoms with Crippen molar-refractivity contribution in [1.82, 2.24) is 0 Å². The van der Waals surface area contributed by atoms with E-state index in [0.29, 0.717) is 0 Å². The Bertz CT molecular complexity index is 451. The number of thioether (sulfide) groups is 1. The molecule has 0 radical (unpaired) electrons. The van der Waals surface area contributed by atoms with E-state index in [-0.39, 0.29) is 0 Å². The summed E-state index contributed by atoms with van der Waals surface area (Å²) in [5.41, 5.74) is 9.26. The van der Waals surface area contributed by atoms with E-state index in [1.165, 1.54) is 5.56 Å². The van der Waals surface area contributed by atoms with E-state index in [2.05, 4.69) is 18.2 Å². The predicted octanol–water partition coefficient (Wildman–Crippen LogP) is 3.66. The molecule has 2 N–H and O–H groups in total. The number of para-hydroxylation sites is 1. The molecule has 1 nitrogen and oxygen atoms in total. The molecule has 0 aliphatic carbocycles. The van der Waals surface area contributed by atoms with Gasteiger partial charge in [-0.05, 0) is 17.9 Å². The Labute approximate surface area is 94.3 Å². The highest BCUT2D eigenvalue weighted by atomic mass is 32.2. The maximum atomic E-state index is 6.11. The van der Waals surface area contributed by atoms with Crippen LogP contribution in [-0.2, 0) is 0 Å². The third kappa shape index (κ3) is 2.00. The first-order valence-electron chi connectivity index (χ1n) is 4.81. The maximum Gasteiger partial charge on any atom is 0.0531 e. The average molecular weight is 215 g/mol. The van der Waals surface area contributed by atoms with Crippen LogP contribution in [-0.4, -0.2) is 6.26 Å². The van der Waals surface area contributed by atoms with Gasteiger partial charge in [-0.25, -0.2) is 0 Å². The topological polar surface area (TPSA) is 26.0 Å². The minimum Gasteiger partial charge on any atom is -0.397 e. The molecule has 0 saturated carbocycles. The van der Waals surface area contributed by atoms with Crippen molar-refractivity contribution in [3.63, 3.8) is 0 Å². The fourth-order valence-electron chi connectivity index (χ4n) is 1.59. The van der Waals surface area contributed by atoms with Gasteiger partial charge >= 0.3 is 0 Å². The highest BCUT2D eigenvalue weighted by Crippen LogP contribution is 2.32. The molecule has 0 fully saturated rings. The van der Waals surface area contributed by atoms with Crippen molar-refractivity contribution in [3.8, 4) is 11.1 Å². The van der Waals surface area contributed by atoms with Crippen LogP contribution < -0.4 is 5.73 Å². The van der Waals surface area contributed by atoms with Crippen molar-refractivity contribution in [2.45, 2.75) is 4.90 Å². The van der Waals surface area contributed by atoms with Gasteiger partial charge in [0.15, 0.2) is 0 Å². The SMILES string of the molecule is CSc1cccc(-c2ccccc2)c1N. The number of rotatable bonds is 2. The van der Waals surface area contributed by atoms with Crippen LogP contribution in [0.1, 0.15) is 0 Å². The van der Waals surface area contributed by atoms with Crippen LogP contribution in [0.5, 0.6) is 0 Å². The first-order valence-corrected chi connectivity index (χ1v) is 6.03. The zero-order valence-corrected chi connectivity index (χ0v) is 9.42. The van der Waals surface area contributed by atoms with Crippen LogP contribution in [0.4, 0.5) is 5.69 Å². The number of hydrogen-bond acceptors (Lipinski definition) is 2. The van der Waals surface area contributed by atoms with Crippen LogP contribution in [0.25, 0.3) is 11.1 Å². The molecule has 0 spiro atoms. The quantitative estimate of drug-likeness (QED) is 0.611. The van der Waals surface area contributed by atoms with Gasteiger partial charge in [0.2, 0.25) is 0 Å². The molecule has 0 bridgehead atoms. The third-order valence-electron chi connectivity index (χ3n) is 2.37. The molecular formula is C13H13NS. The lowest BCUT2D eigenvalue weighted by atomic mass is 10.0. The van der Waals surface area contributed by atoms with E-state index >= 15 is 0 Å². The molecule has 0 atom stereocenters. The minimum atomic E-state index is 0.871. The van der Waals surface area contributed by atoms with Crippen molar-refractivity contribution in [2.75, 3.05) is 12.0 Å². The molecule has 0 aliphatic rings. The normalized spacial score (nSPS) is 10.2. The predicted molar refractivity (Wildman–Crippen MR) is 68.1 cm³/mol. The molecule has 76 valence electrons. The Balaban J connectivity index is 2.54. The smallest absolute Gasteiger partial charge is 0.0531 e. The van der Waals surface area contributed by atoms with Gasteiger partial charge in [0.25, 0.3) is 0 Å². The lowest BCUT2D eigenvalue weighted by molar-refractivity contribution is 1.46. The Morgan fingerprint density at radius 3 is 2.33 bits per heavy atom. The zero-order chi connectivity index (χ0) is 10.7. The fraction of sp³-hybridized carbons (Fsp3) is 0.0769. The second-order valence-corrected chi connectivity index (χ2v) is 4.14. The highest BCUT2D eigenvalue weighted by molar-refractivity contribution is 7.98. The number of benzene rings is 2. The van der Waals surface area contributed by atoms with Crippen molar-refractivity contribution in [1.29, 1.82) is 0 Å². The van der Waals surface area contributed by atoms with Crippen molar-refractivity contribution in [2.24, 2.45) is 0 Å². The molecule has 0 saturated heterocycles. The number of nitrogen functional groups attached to an aromatic ring is 1. The summed E-state index contributed by atoms with van der Waals surface area (Å²) >= 11 is 1.68. The summed E-state index contributed by atoms with van der Waals surface area (Å²) in [6.07, 6.45) is 2.04. The molecule has 0 amide bonds. The fourth-order valence-corrected chi connectivity index (χ4v) is 2.14. The van der Waals surface area contributed by atoms with E-state index < -0.39 is 0 Å². The van der Waals surface area contributed by atoms with Crippen molar-refractivity contribution in [3.05, 3.63) is 48.5 Å². The maximum absolute atomic E-state index is 6.11. The van der Waals surface area contributed by atoms with Crippen LogP contribution in [0.3, 0.4) is 0 Å².